The van der Waals surface area contributed by atoms with Crippen molar-refractivity contribution in [1.82, 2.24) is 15.1 Å². The molecular weight excluding hydrogens is 218 g/mol. The molecule has 0 aromatic rings. The average molecular weight is 237 g/mol. The van der Waals surface area contributed by atoms with Gasteiger partial charge in [0.2, 0.25) is 11.8 Å². The first-order chi connectivity index (χ1) is 8.18. The molecule has 2 amide bonds. The first kappa shape index (κ1) is 11.2. The Labute approximate surface area is 101 Å². The first-order valence-electron chi connectivity index (χ1n) is 6.44. The summed E-state index contributed by atoms with van der Waals surface area (Å²) in [4.78, 5) is 27.5. The maximum atomic E-state index is 11.9. The van der Waals surface area contributed by atoms with E-state index < -0.39 is 0 Å². The molecule has 17 heavy (non-hydrogen) atoms. The maximum absolute atomic E-state index is 11.9. The van der Waals surface area contributed by atoms with E-state index in [1.165, 1.54) is 4.90 Å². The molecule has 3 fully saturated rings. The fourth-order valence-electron chi connectivity index (χ4n) is 3.41. The van der Waals surface area contributed by atoms with Gasteiger partial charge in [-0.05, 0) is 25.9 Å². The average Bonchev–Trinajstić information content (AvgIpc) is 2.88. The Balaban J connectivity index is 1.70. The molecule has 0 unspecified atom stereocenters. The molecule has 2 atom stereocenters. The van der Waals surface area contributed by atoms with E-state index in [1.54, 1.807) is 7.05 Å². The Morgan fingerprint density at radius 3 is 2.12 bits per heavy atom. The minimum absolute atomic E-state index is 0.0245. The summed E-state index contributed by atoms with van der Waals surface area (Å²) in [5.74, 6) is -0.0855. The number of piperidine rings is 1. The molecule has 3 heterocycles. The zero-order chi connectivity index (χ0) is 12.0. The fraction of sp³-hybridized carbons (Fsp3) is 0.833. The van der Waals surface area contributed by atoms with Gasteiger partial charge in [0.05, 0.1) is 11.8 Å². The first-order valence-corrected chi connectivity index (χ1v) is 6.44. The molecule has 3 saturated heterocycles. The Morgan fingerprint density at radius 1 is 1.06 bits per heavy atom. The number of hydrogen-bond donors (Lipinski definition) is 1. The van der Waals surface area contributed by atoms with Gasteiger partial charge in [0.25, 0.3) is 0 Å². The van der Waals surface area contributed by atoms with Gasteiger partial charge in [-0.25, -0.2) is 0 Å². The quantitative estimate of drug-likeness (QED) is 0.612. The maximum Gasteiger partial charge on any atom is 0.234 e. The molecule has 0 aromatic carbocycles. The second kappa shape index (κ2) is 4.07. The number of carbonyl (C=O) groups is 2. The highest BCUT2D eigenvalue weighted by atomic mass is 16.2. The van der Waals surface area contributed by atoms with Gasteiger partial charge in [-0.3, -0.25) is 19.4 Å². The molecular formula is C12H19N3O2. The molecule has 3 aliphatic rings. The smallest absolute Gasteiger partial charge is 0.234 e. The van der Waals surface area contributed by atoms with Crippen LogP contribution in [0.5, 0.6) is 0 Å². The molecule has 0 aromatic heterocycles. The summed E-state index contributed by atoms with van der Waals surface area (Å²) in [6, 6.07) is 0.563. The number of hydrogen-bond acceptors (Lipinski definition) is 4. The van der Waals surface area contributed by atoms with Gasteiger partial charge in [-0.1, -0.05) is 0 Å². The van der Waals surface area contributed by atoms with Crippen LogP contribution >= 0.6 is 0 Å². The van der Waals surface area contributed by atoms with E-state index in [0.717, 1.165) is 39.0 Å². The van der Waals surface area contributed by atoms with E-state index >= 15 is 0 Å². The van der Waals surface area contributed by atoms with Crippen molar-refractivity contribution in [2.75, 3.05) is 33.2 Å². The van der Waals surface area contributed by atoms with Crippen molar-refractivity contribution >= 4 is 11.8 Å². The van der Waals surface area contributed by atoms with Gasteiger partial charge in [-0.15, -0.1) is 0 Å². The van der Waals surface area contributed by atoms with Crippen LogP contribution in [-0.2, 0) is 9.59 Å². The van der Waals surface area contributed by atoms with Gasteiger partial charge in [0.15, 0.2) is 0 Å². The SMILES string of the molecule is CN1C(=O)[C@H]2CN(C3CCNCC3)C[C@H]2C1=O. The third-order valence-corrected chi connectivity index (χ3v) is 4.47. The summed E-state index contributed by atoms with van der Waals surface area (Å²) >= 11 is 0. The van der Waals surface area contributed by atoms with Crippen LogP contribution in [0.25, 0.3) is 0 Å². The molecule has 0 aliphatic carbocycles. The predicted octanol–water partition coefficient (Wildman–Crippen LogP) is -0.715. The summed E-state index contributed by atoms with van der Waals surface area (Å²) in [5.41, 5.74) is 0. The van der Waals surface area contributed by atoms with Gasteiger partial charge >= 0.3 is 0 Å². The molecule has 1 N–H and O–H groups in total. The van der Waals surface area contributed by atoms with E-state index in [9.17, 15) is 9.59 Å². The second-order valence-corrected chi connectivity index (χ2v) is 5.38. The fourth-order valence-corrected chi connectivity index (χ4v) is 3.41. The lowest BCUT2D eigenvalue weighted by Gasteiger charge is -2.32. The molecule has 3 aliphatic heterocycles. The highest BCUT2D eigenvalue weighted by Gasteiger charge is 2.51. The van der Waals surface area contributed by atoms with Crippen LogP contribution in [-0.4, -0.2) is 60.9 Å². The van der Waals surface area contributed by atoms with E-state index in [1.807, 2.05) is 0 Å². The topological polar surface area (TPSA) is 52.7 Å². The van der Waals surface area contributed by atoms with E-state index in [2.05, 4.69) is 10.2 Å². The number of rotatable bonds is 1. The Hall–Kier alpha value is -0.940. The number of carbonyl (C=O) groups excluding carboxylic acids is 2. The van der Waals surface area contributed by atoms with E-state index in [-0.39, 0.29) is 23.7 Å². The minimum atomic E-state index is -0.0672. The van der Waals surface area contributed by atoms with Gasteiger partial charge < -0.3 is 5.32 Å². The number of nitrogens with zero attached hydrogens (tertiary/aromatic N) is 2. The van der Waals surface area contributed by atoms with Crippen LogP contribution in [0.1, 0.15) is 12.8 Å². The predicted molar refractivity (Wildman–Crippen MR) is 62.2 cm³/mol. The van der Waals surface area contributed by atoms with Crippen LogP contribution < -0.4 is 5.32 Å². The van der Waals surface area contributed by atoms with Crippen molar-refractivity contribution in [3.63, 3.8) is 0 Å². The Kier molecular flexibility index (Phi) is 2.67. The number of amides is 2. The van der Waals surface area contributed by atoms with Crippen molar-refractivity contribution in [3.8, 4) is 0 Å². The molecule has 3 rings (SSSR count). The van der Waals surface area contributed by atoms with Crippen molar-refractivity contribution in [2.24, 2.45) is 11.8 Å². The normalized spacial score (nSPS) is 35.7. The molecule has 0 bridgehead atoms. The lowest BCUT2D eigenvalue weighted by Crippen LogP contribution is -2.44. The molecule has 0 spiro atoms. The van der Waals surface area contributed by atoms with Crippen LogP contribution in [0.2, 0.25) is 0 Å². The van der Waals surface area contributed by atoms with Crippen molar-refractivity contribution in [1.29, 1.82) is 0 Å². The minimum Gasteiger partial charge on any atom is -0.317 e. The summed E-state index contributed by atoms with van der Waals surface area (Å²) in [5, 5.41) is 3.34. The van der Waals surface area contributed by atoms with E-state index in [4.69, 9.17) is 0 Å². The van der Waals surface area contributed by atoms with Crippen LogP contribution in [0.4, 0.5) is 0 Å². The highest BCUT2D eigenvalue weighted by Crippen LogP contribution is 2.34. The summed E-state index contributed by atoms with van der Waals surface area (Å²) in [6.45, 7) is 3.67. The third-order valence-electron chi connectivity index (χ3n) is 4.47. The Bertz CT molecular complexity index is 328. The van der Waals surface area contributed by atoms with Gasteiger partial charge in [0, 0.05) is 26.2 Å². The number of fused-ring (bicyclic) bond motifs is 1. The summed E-state index contributed by atoms with van der Waals surface area (Å²) < 4.78 is 0. The number of imide groups is 1. The van der Waals surface area contributed by atoms with Crippen molar-refractivity contribution in [3.05, 3.63) is 0 Å². The Morgan fingerprint density at radius 2 is 1.59 bits per heavy atom. The molecule has 94 valence electrons. The van der Waals surface area contributed by atoms with Crippen LogP contribution in [0.3, 0.4) is 0 Å². The van der Waals surface area contributed by atoms with E-state index in [0.29, 0.717) is 6.04 Å². The van der Waals surface area contributed by atoms with Crippen LogP contribution in [0, 0.1) is 11.8 Å². The van der Waals surface area contributed by atoms with Gasteiger partial charge in [0.1, 0.15) is 0 Å². The lowest BCUT2D eigenvalue weighted by molar-refractivity contribution is -0.139. The zero-order valence-electron chi connectivity index (χ0n) is 10.2. The second-order valence-electron chi connectivity index (χ2n) is 5.38. The summed E-state index contributed by atoms with van der Waals surface area (Å²) in [7, 11) is 1.61. The zero-order valence-corrected chi connectivity index (χ0v) is 10.2. The molecule has 0 radical (unpaired) electrons. The molecule has 5 nitrogen and oxygen atoms in total. The number of likely N-dealkylation sites (tertiary alicyclic amines) is 2. The highest BCUT2D eigenvalue weighted by molar-refractivity contribution is 6.05. The van der Waals surface area contributed by atoms with Gasteiger partial charge in [-0.2, -0.15) is 0 Å². The monoisotopic (exact) mass is 237 g/mol. The molecule has 5 heteroatoms. The lowest BCUT2D eigenvalue weighted by atomic mass is 10.00. The molecule has 0 saturated carbocycles. The largest absolute Gasteiger partial charge is 0.317 e. The third kappa shape index (κ3) is 1.68. The standard InChI is InChI=1S/C12H19N3O2/c1-14-11(16)9-6-15(7-10(9)12(14)17)8-2-4-13-5-3-8/h8-10,13H,2-7H2,1H3/t9-,10+. The number of nitrogens with one attached hydrogen (secondary N) is 1. The van der Waals surface area contributed by atoms with Crippen molar-refractivity contribution < 1.29 is 9.59 Å². The van der Waals surface area contributed by atoms with Crippen LogP contribution in [0.15, 0.2) is 0 Å². The van der Waals surface area contributed by atoms with Crippen molar-refractivity contribution in [2.45, 2.75) is 18.9 Å². The summed E-state index contributed by atoms with van der Waals surface area (Å²) in [6.07, 6.45) is 2.27.